The average molecular weight is 503 g/mol. The molecule has 188 valence electrons. The third-order valence-electron chi connectivity index (χ3n) is 5.49. The van der Waals surface area contributed by atoms with Gasteiger partial charge >= 0.3 is 17.8 Å². The number of amides is 2. The van der Waals surface area contributed by atoms with E-state index < -0.39 is 29.4 Å². The maximum Gasteiger partial charge on any atom is 0.343 e. The monoisotopic (exact) mass is 503 g/mol. The number of methoxy groups -OCH3 is 1. The molecule has 37 heavy (non-hydrogen) atoms. The van der Waals surface area contributed by atoms with Crippen LogP contribution in [-0.4, -0.2) is 30.7 Å². The number of nitrogens with zero attached hydrogens (tertiary/aromatic N) is 1. The molecule has 0 radical (unpaired) electrons. The molecule has 2 aromatic carbocycles. The van der Waals surface area contributed by atoms with Crippen molar-refractivity contribution in [1.82, 2.24) is 5.32 Å². The molecule has 1 aliphatic heterocycles. The van der Waals surface area contributed by atoms with E-state index in [1.54, 1.807) is 48.2 Å². The van der Waals surface area contributed by atoms with E-state index in [4.69, 9.17) is 9.15 Å². The summed E-state index contributed by atoms with van der Waals surface area (Å²) in [6.07, 6.45) is 1.49. The number of esters is 1. The van der Waals surface area contributed by atoms with Crippen molar-refractivity contribution in [1.29, 1.82) is 0 Å². The Morgan fingerprint density at radius 1 is 1.00 bits per heavy atom. The number of benzene rings is 2. The maximum atomic E-state index is 13.1. The Kier molecular flexibility index (Phi) is 7.28. The Balaban J connectivity index is 1.48. The molecule has 0 bridgehead atoms. The third-order valence-corrected chi connectivity index (χ3v) is 5.49. The van der Waals surface area contributed by atoms with Crippen LogP contribution in [0.15, 0.2) is 88.1 Å². The predicted molar refractivity (Wildman–Crippen MR) is 132 cm³/mol. The van der Waals surface area contributed by atoms with Crippen LogP contribution in [0.25, 0.3) is 6.08 Å². The van der Waals surface area contributed by atoms with Crippen molar-refractivity contribution in [3.63, 3.8) is 0 Å². The second kappa shape index (κ2) is 10.7. The maximum absolute atomic E-state index is 13.1. The average Bonchev–Trinajstić information content (AvgIpc) is 3.45. The minimum atomic E-state index is -0.924. The molecule has 2 amide bonds. The van der Waals surface area contributed by atoms with Gasteiger partial charge in [-0.05, 0) is 55.5 Å². The molecule has 2 heterocycles. The summed E-state index contributed by atoms with van der Waals surface area (Å²) in [5.41, 5.74) is 1.47. The summed E-state index contributed by atoms with van der Waals surface area (Å²) in [4.78, 5) is 51.2. The lowest BCUT2D eigenvalue weighted by Crippen LogP contribution is -2.34. The van der Waals surface area contributed by atoms with Gasteiger partial charge in [-0.15, -0.1) is 0 Å². The molecule has 0 atom stereocenters. The summed E-state index contributed by atoms with van der Waals surface area (Å²) < 4.78 is 23.5. The number of carbonyl (C=O) groups is 4. The van der Waals surface area contributed by atoms with Crippen molar-refractivity contribution >= 4 is 41.0 Å². The van der Waals surface area contributed by atoms with Crippen molar-refractivity contribution in [2.24, 2.45) is 0 Å². The molecule has 0 spiro atoms. The zero-order valence-electron chi connectivity index (χ0n) is 19.9. The number of nitrogens with one attached hydrogen (secondary N) is 2. The lowest BCUT2D eigenvalue weighted by atomic mass is 10.1. The number of hydrogen-bond donors (Lipinski definition) is 2. The van der Waals surface area contributed by atoms with Crippen molar-refractivity contribution < 1.29 is 32.7 Å². The number of allylic oxidation sites excluding steroid dienone is 2. The molecule has 10 heteroatoms. The van der Waals surface area contributed by atoms with Gasteiger partial charge in [-0.2, -0.15) is 0 Å². The number of hydrogen-bond acceptors (Lipinski definition) is 7. The Morgan fingerprint density at radius 3 is 2.38 bits per heavy atom. The van der Waals surface area contributed by atoms with Crippen LogP contribution in [0.5, 0.6) is 0 Å². The van der Waals surface area contributed by atoms with E-state index in [2.05, 4.69) is 10.6 Å². The molecule has 0 aliphatic carbocycles. The lowest BCUT2D eigenvalue weighted by molar-refractivity contribution is -0.137. The highest BCUT2D eigenvalue weighted by Crippen LogP contribution is 2.35. The Hall–Kier alpha value is -4.99. The molecule has 1 aromatic heterocycles. The predicted octanol–water partition coefficient (Wildman–Crippen LogP) is 3.55. The summed E-state index contributed by atoms with van der Waals surface area (Å²) in [5, 5.41) is 4.79. The standard InChI is InChI=1S/C27H22FN3O6/c1-16-23(27(35)36-2)24(32)22(31(16)19-6-4-3-5-7-19)14-20-12-13-21(37-20)15-29-25(33)26(34)30-18-10-8-17(28)9-11-18/h3-14H,15H2,1-2H3,(H,29,33)(H,30,34)/b22-14+. The fourth-order valence-corrected chi connectivity index (χ4v) is 3.74. The minimum absolute atomic E-state index is 0.0798. The summed E-state index contributed by atoms with van der Waals surface area (Å²) >= 11 is 0. The molecule has 0 saturated carbocycles. The second-order valence-electron chi connectivity index (χ2n) is 7.93. The van der Waals surface area contributed by atoms with Gasteiger partial charge in [0.25, 0.3) is 0 Å². The van der Waals surface area contributed by atoms with Crippen LogP contribution in [0.2, 0.25) is 0 Å². The smallest absolute Gasteiger partial charge is 0.343 e. The Bertz CT molecular complexity index is 1420. The molecule has 0 unspecified atom stereocenters. The van der Waals surface area contributed by atoms with Gasteiger partial charge in [0.2, 0.25) is 5.78 Å². The van der Waals surface area contributed by atoms with Crippen LogP contribution in [0.3, 0.4) is 0 Å². The van der Waals surface area contributed by atoms with E-state index in [0.717, 1.165) is 12.1 Å². The molecule has 3 aromatic rings. The van der Waals surface area contributed by atoms with Gasteiger partial charge in [-0.25, -0.2) is 9.18 Å². The number of ether oxygens (including phenoxy) is 1. The number of halogens is 1. The van der Waals surface area contributed by atoms with Crippen LogP contribution in [0.1, 0.15) is 18.4 Å². The third kappa shape index (κ3) is 5.48. The van der Waals surface area contributed by atoms with Gasteiger partial charge in [0.1, 0.15) is 22.9 Å². The van der Waals surface area contributed by atoms with Gasteiger partial charge < -0.3 is 24.7 Å². The van der Waals surface area contributed by atoms with Crippen molar-refractivity contribution in [2.45, 2.75) is 13.5 Å². The molecule has 2 N–H and O–H groups in total. The molecular formula is C27H22FN3O6. The molecule has 9 nitrogen and oxygen atoms in total. The first-order valence-electron chi connectivity index (χ1n) is 11.1. The van der Waals surface area contributed by atoms with Crippen LogP contribution in [0.4, 0.5) is 15.8 Å². The normalized spacial score (nSPS) is 14.2. The van der Waals surface area contributed by atoms with E-state index in [0.29, 0.717) is 22.9 Å². The summed E-state index contributed by atoms with van der Waals surface area (Å²) in [6.45, 7) is 1.55. The zero-order chi connectivity index (χ0) is 26.5. The van der Waals surface area contributed by atoms with Gasteiger partial charge in [0.05, 0.1) is 19.4 Å². The Morgan fingerprint density at radius 2 is 1.70 bits per heavy atom. The second-order valence-corrected chi connectivity index (χ2v) is 7.93. The van der Waals surface area contributed by atoms with Crippen LogP contribution in [0, 0.1) is 5.82 Å². The number of para-hydroxylation sites is 1. The van der Waals surface area contributed by atoms with E-state index in [1.807, 2.05) is 6.07 Å². The number of carbonyl (C=O) groups excluding carboxylic acids is 4. The number of furan rings is 1. The topological polar surface area (TPSA) is 118 Å². The van der Waals surface area contributed by atoms with Gasteiger partial charge in [-0.1, -0.05) is 18.2 Å². The summed E-state index contributed by atoms with van der Waals surface area (Å²) in [5.74, 6) is -2.94. The van der Waals surface area contributed by atoms with E-state index in [9.17, 15) is 23.6 Å². The fourth-order valence-electron chi connectivity index (χ4n) is 3.74. The highest BCUT2D eigenvalue weighted by molar-refractivity contribution is 6.39. The molecule has 1 aliphatic rings. The summed E-state index contributed by atoms with van der Waals surface area (Å²) in [6, 6.07) is 17.2. The van der Waals surface area contributed by atoms with Crippen molar-refractivity contribution in [3.05, 3.63) is 101 Å². The number of ketones is 1. The summed E-state index contributed by atoms with van der Waals surface area (Å²) in [7, 11) is 1.21. The molecular weight excluding hydrogens is 481 g/mol. The lowest BCUT2D eigenvalue weighted by Gasteiger charge is -2.21. The van der Waals surface area contributed by atoms with Crippen LogP contribution < -0.4 is 15.5 Å². The first-order chi connectivity index (χ1) is 17.8. The largest absolute Gasteiger partial charge is 0.465 e. The fraction of sp³-hybridized carbons (Fsp3) is 0.111. The van der Waals surface area contributed by atoms with Gasteiger partial charge in [-0.3, -0.25) is 14.4 Å². The Labute approximate surface area is 211 Å². The first-order valence-corrected chi connectivity index (χ1v) is 11.1. The molecule has 4 rings (SSSR count). The highest BCUT2D eigenvalue weighted by Gasteiger charge is 2.38. The van der Waals surface area contributed by atoms with E-state index >= 15 is 0 Å². The van der Waals surface area contributed by atoms with Crippen molar-refractivity contribution in [3.8, 4) is 0 Å². The minimum Gasteiger partial charge on any atom is -0.465 e. The quantitative estimate of drug-likeness (QED) is 0.229. The van der Waals surface area contributed by atoms with Crippen LogP contribution in [-0.2, 0) is 30.5 Å². The van der Waals surface area contributed by atoms with Gasteiger partial charge in [0.15, 0.2) is 0 Å². The van der Waals surface area contributed by atoms with E-state index in [1.165, 1.54) is 25.3 Å². The number of Topliss-reactive ketones (excluding diaryl/α,β-unsaturated/α-hetero) is 1. The molecule has 0 saturated heterocycles. The molecule has 0 fully saturated rings. The number of anilines is 2. The SMILES string of the molecule is COC(=O)C1=C(C)N(c2ccccc2)/C(=C/c2ccc(CNC(=O)C(=O)Nc3ccc(F)cc3)o2)C1=O. The van der Waals surface area contributed by atoms with E-state index in [-0.39, 0.29) is 23.5 Å². The number of rotatable bonds is 6. The first kappa shape index (κ1) is 25.1. The zero-order valence-corrected chi connectivity index (χ0v) is 19.9. The van der Waals surface area contributed by atoms with Gasteiger partial charge in [0, 0.05) is 23.1 Å². The van der Waals surface area contributed by atoms with Crippen LogP contribution >= 0.6 is 0 Å². The van der Waals surface area contributed by atoms with Crippen molar-refractivity contribution in [2.75, 3.05) is 17.3 Å². The highest BCUT2D eigenvalue weighted by atomic mass is 19.1.